The van der Waals surface area contributed by atoms with Crippen molar-refractivity contribution in [3.63, 3.8) is 0 Å². The molecule has 1 heterocycles. The molecule has 6 heteroatoms. The second-order valence-corrected chi connectivity index (χ2v) is 5.94. The first kappa shape index (κ1) is 9.92. The van der Waals surface area contributed by atoms with E-state index in [2.05, 4.69) is 21.2 Å². The highest BCUT2D eigenvalue weighted by atomic mass is 79.9. The third-order valence-corrected chi connectivity index (χ3v) is 4.40. The number of anilines is 1. The van der Waals surface area contributed by atoms with Gasteiger partial charge in [0.2, 0.25) is 0 Å². The van der Waals surface area contributed by atoms with E-state index in [1.807, 2.05) is 0 Å². The molecule has 1 aromatic carbocycles. The van der Waals surface area contributed by atoms with Gasteiger partial charge in [-0.05, 0) is 28.1 Å². The minimum atomic E-state index is -3.30. The number of benzene rings is 1. The van der Waals surface area contributed by atoms with Gasteiger partial charge in [0.15, 0.2) is 9.84 Å². The van der Waals surface area contributed by atoms with Crippen molar-refractivity contribution in [3.05, 3.63) is 22.4 Å². The Bertz CT molecular complexity index is 486. The predicted molar refractivity (Wildman–Crippen MR) is 54.6 cm³/mol. The maximum atomic E-state index is 13.1. The van der Waals surface area contributed by atoms with Crippen molar-refractivity contribution in [1.29, 1.82) is 0 Å². The lowest BCUT2D eigenvalue weighted by atomic mass is 10.3. The molecular formula is C8H7BrFNO2S. The van der Waals surface area contributed by atoms with Gasteiger partial charge >= 0.3 is 0 Å². The van der Waals surface area contributed by atoms with Crippen molar-refractivity contribution in [3.8, 4) is 0 Å². The summed E-state index contributed by atoms with van der Waals surface area (Å²) in [6, 6.07) is 2.49. The van der Waals surface area contributed by atoms with E-state index < -0.39 is 15.7 Å². The molecule has 1 aliphatic rings. The average Bonchev–Trinajstić information content (AvgIpc) is 2.08. The summed E-state index contributed by atoms with van der Waals surface area (Å²) in [5.41, 5.74) is 0.463. The number of nitrogens with one attached hydrogen (secondary N) is 1. The lowest BCUT2D eigenvalue weighted by Gasteiger charge is -2.18. The first-order valence-corrected chi connectivity index (χ1v) is 6.41. The monoisotopic (exact) mass is 279 g/mol. The van der Waals surface area contributed by atoms with Crippen LogP contribution in [0.15, 0.2) is 21.5 Å². The van der Waals surface area contributed by atoms with Crippen molar-refractivity contribution >= 4 is 31.5 Å². The Morgan fingerprint density at radius 1 is 1.43 bits per heavy atom. The molecular weight excluding hydrogens is 273 g/mol. The molecule has 14 heavy (non-hydrogen) atoms. The maximum absolute atomic E-state index is 13.1. The maximum Gasteiger partial charge on any atom is 0.182 e. The summed E-state index contributed by atoms with van der Waals surface area (Å²) >= 11 is 3.00. The van der Waals surface area contributed by atoms with Gasteiger partial charge in [-0.3, -0.25) is 0 Å². The van der Waals surface area contributed by atoms with E-state index in [-0.39, 0.29) is 15.1 Å². The number of sulfone groups is 1. The van der Waals surface area contributed by atoms with Gasteiger partial charge in [0.05, 0.1) is 20.8 Å². The molecule has 0 saturated heterocycles. The third kappa shape index (κ3) is 1.52. The molecule has 3 nitrogen and oxygen atoms in total. The number of hydrogen-bond acceptors (Lipinski definition) is 3. The summed E-state index contributed by atoms with van der Waals surface area (Å²) in [5.74, 6) is -0.544. The van der Waals surface area contributed by atoms with Crippen LogP contribution in [0.25, 0.3) is 0 Å². The summed E-state index contributed by atoms with van der Waals surface area (Å²) in [5, 5.41) is 2.91. The fourth-order valence-electron chi connectivity index (χ4n) is 1.35. The molecule has 0 amide bonds. The Hall–Kier alpha value is -0.620. The number of rotatable bonds is 0. The van der Waals surface area contributed by atoms with Gasteiger partial charge in [0.25, 0.3) is 0 Å². The lowest BCUT2D eigenvalue weighted by Crippen LogP contribution is -2.23. The van der Waals surface area contributed by atoms with E-state index in [1.165, 1.54) is 6.07 Å². The highest BCUT2D eigenvalue weighted by Crippen LogP contribution is 2.31. The molecule has 1 aliphatic heterocycles. The van der Waals surface area contributed by atoms with E-state index in [1.54, 1.807) is 0 Å². The largest absolute Gasteiger partial charge is 0.383 e. The van der Waals surface area contributed by atoms with Gasteiger partial charge < -0.3 is 5.32 Å². The zero-order valence-electron chi connectivity index (χ0n) is 7.05. The van der Waals surface area contributed by atoms with E-state index in [9.17, 15) is 12.8 Å². The predicted octanol–water partition coefficient (Wildman–Crippen LogP) is 1.79. The van der Waals surface area contributed by atoms with Crippen LogP contribution in [0.3, 0.4) is 0 Å². The van der Waals surface area contributed by atoms with Crippen molar-refractivity contribution < 1.29 is 12.8 Å². The lowest BCUT2D eigenvalue weighted by molar-refractivity contribution is 0.588. The minimum absolute atomic E-state index is 0.0150. The molecule has 1 aromatic rings. The SMILES string of the molecule is O=S1(=O)CCNc2cc(Br)c(F)cc21. The van der Waals surface area contributed by atoms with Crippen LogP contribution >= 0.6 is 15.9 Å². The molecule has 0 fully saturated rings. The van der Waals surface area contributed by atoms with Crippen molar-refractivity contribution in [2.24, 2.45) is 0 Å². The van der Waals surface area contributed by atoms with Crippen LogP contribution in [0, 0.1) is 5.82 Å². The molecule has 0 aliphatic carbocycles. The quantitative estimate of drug-likeness (QED) is 0.788. The molecule has 1 N–H and O–H groups in total. The molecule has 0 spiro atoms. The molecule has 0 saturated carbocycles. The van der Waals surface area contributed by atoms with Crippen LogP contribution in [0.5, 0.6) is 0 Å². The molecule has 76 valence electrons. The summed E-state index contributed by atoms with van der Waals surface area (Å²) in [4.78, 5) is 0.0458. The number of fused-ring (bicyclic) bond motifs is 1. The van der Waals surface area contributed by atoms with Crippen LogP contribution in [-0.4, -0.2) is 20.7 Å². The average molecular weight is 280 g/mol. The fourth-order valence-corrected chi connectivity index (χ4v) is 3.04. The molecule has 0 aromatic heterocycles. The normalized spacial score (nSPS) is 18.4. The van der Waals surface area contributed by atoms with Gasteiger partial charge in [-0.1, -0.05) is 0 Å². The smallest absolute Gasteiger partial charge is 0.182 e. The Morgan fingerprint density at radius 2 is 2.14 bits per heavy atom. The van der Waals surface area contributed by atoms with Crippen molar-refractivity contribution in [1.82, 2.24) is 0 Å². The summed E-state index contributed by atoms with van der Waals surface area (Å²) in [6.07, 6.45) is 0. The highest BCUT2D eigenvalue weighted by molar-refractivity contribution is 9.10. The van der Waals surface area contributed by atoms with Crippen molar-refractivity contribution in [2.45, 2.75) is 4.90 Å². The Morgan fingerprint density at radius 3 is 2.86 bits per heavy atom. The molecule has 0 bridgehead atoms. The fraction of sp³-hybridized carbons (Fsp3) is 0.250. The van der Waals surface area contributed by atoms with Crippen LogP contribution in [0.2, 0.25) is 0 Å². The second kappa shape index (κ2) is 3.20. The first-order valence-electron chi connectivity index (χ1n) is 3.96. The van der Waals surface area contributed by atoms with Crippen LogP contribution in [-0.2, 0) is 9.84 Å². The van der Waals surface area contributed by atoms with Crippen LogP contribution < -0.4 is 5.32 Å². The standard InChI is InChI=1S/C8H7BrFNO2S/c9-5-3-7-8(4-6(5)10)14(12,13)2-1-11-7/h3-4,11H,1-2H2. The van der Waals surface area contributed by atoms with Gasteiger partial charge in [-0.2, -0.15) is 0 Å². The summed E-state index contributed by atoms with van der Waals surface area (Å²) < 4.78 is 36.4. The van der Waals surface area contributed by atoms with Crippen LogP contribution in [0.1, 0.15) is 0 Å². The molecule has 0 unspecified atom stereocenters. The zero-order chi connectivity index (χ0) is 10.3. The van der Waals surface area contributed by atoms with Gasteiger partial charge in [0.1, 0.15) is 5.82 Å². The Balaban J connectivity index is 2.71. The van der Waals surface area contributed by atoms with E-state index in [0.29, 0.717) is 12.2 Å². The Kier molecular flexibility index (Phi) is 2.27. The summed E-state index contributed by atoms with van der Waals surface area (Å²) in [7, 11) is -3.30. The van der Waals surface area contributed by atoms with Gasteiger partial charge in [-0.25, -0.2) is 12.8 Å². The van der Waals surface area contributed by atoms with E-state index in [0.717, 1.165) is 6.07 Å². The van der Waals surface area contributed by atoms with E-state index in [4.69, 9.17) is 0 Å². The number of halogens is 2. The van der Waals surface area contributed by atoms with E-state index >= 15 is 0 Å². The first-order chi connectivity index (χ1) is 6.50. The minimum Gasteiger partial charge on any atom is -0.383 e. The number of hydrogen-bond donors (Lipinski definition) is 1. The van der Waals surface area contributed by atoms with Gasteiger partial charge in [-0.15, -0.1) is 0 Å². The van der Waals surface area contributed by atoms with Gasteiger partial charge in [0, 0.05) is 6.54 Å². The highest BCUT2D eigenvalue weighted by Gasteiger charge is 2.24. The second-order valence-electron chi connectivity index (χ2n) is 3.01. The zero-order valence-corrected chi connectivity index (χ0v) is 9.45. The Labute approximate surface area is 89.4 Å². The molecule has 0 radical (unpaired) electrons. The van der Waals surface area contributed by atoms with Crippen molar-refractivity contribution in [2.75, 3.05) is 17.6 Å². The summed E-state index contributed by atoms with van der Waals surface area (Å²) in [6.45, 7) is 0.368. The molecule has 2 rings (SSSR count). The topological polar surface area (TPSA) is 46.2 Å². The van der Waals surface area contributed by atoms with Crippen LogP contribution in [0.4, 0.5) is 10.1 Å². The molecule has 0 atom stereocenters. The third-order valence-electron chi connectivity index (χ3n) is 2.04.